The molecule has 6 nitrogen and oxygen atoms in total. The molecule has 0 spiro atoms. The molecule has 1 heterocycles. The van der Waals surface area contributed by atoms with Crippen LogP contribution in [0.2, 0.25) is 5.02 Å². The summed E-state index contributed by atoms with van der Waals surface area (Å²) in [6, 6.07) is 13.2. The van der Waals surface area contributed by atoms with Crippen LogP contribution in [0.3, 0.4) is 0 Å². The van der Waals surface area contributed by atoms with Crippen LogP contribution in [0.4, 0.5) is 5.69 Å². The zero-order chi connectivity index (χ0) is 18.7. The van der Waals surface area contributed by atoms with Crippen LogP contribution in [0.5, 0.6) is 0 Å². The highest BCUT2D eigenvalue weighted by atomic mass is 35.5. The molecule has 26 heavy (non-hydrogen) atoms. The van der Waals surface area contributed by atoms with Gasteiger partial charge in [0.05, 0.1) is 10.9 Å². The van der Waals surface area contributed by atoms with Crippen molar-refractivity contribution in [1.82, 2.24) is 20.2 Å². The summed E-state index contributed by atoms with van der Waals surface area (Å²) in [7, 11) is 0. The first-order chi connectivity index (χ1) is 12.4. The molecular formula is C18H18ClN5OS. The number of anilines is 1. The third kappa shape index (κ3) is 4.23. The van der Waals surface area contributed by atoms with Crippen molar-refractivity contribution in [2.75, 3.05) is 5.32 Å². The zero-order valence-electron chi connectivity index (χ0n) is 14.6. The summed E-state index contributed by atoms with van der Waals surface area (Å²) in [6.07, 6.45) is 0. The van der Waals surface area contributed by atoms with E-state index in [1.807, 2.05) is 51.1 Å². The van der Waals surface area contributed by atoms with Crippen molar-refractivity contribution < 1.29 is 4.79 Å². The van der Waals surface area contributed by atoms with Gasteiger partial charge in [-0.15, -0.1) is 5.10 Å². The van der Waals surface area contributed by atoms with Crippen LogP contribution in [0.25, 0.3) is 5.69 Å². The van der Waals surface area contributed by atoms with Gasteiger partial charge in [-0.2, -0.15) is 4.68 Å². The van der Waals surface area contributed by atoms with Gasteiger partial charge in [0, 0.05) is 10.7 Å². The van der Waals surface area contributed by atoms with Gasteiger partial charge in [-0.05, 0) is 66.6 Å². The van der Waals surface area contributed by atoms with Crippen molar-refractivity contribution in [3.8, 4) is 5.69 Å². The van der Waals surface area contributed by atoms with E-state index in [4.69, 9.17) is 11.6 Å². The maximum absolute atomic E-state index is 12.6. The number of halogens is 1. The van der Waals surface area contributed by atoms with E-state index in [-0.39, 0.29) is 11.2 Å². The predicted molar refractivity (Wildman–Crippen MR) is 104 cm³/mol. The third-order valence-electron chi connectivity index (χ3n) is 3.80. The van der Waals surface area contributed by atoms with E-state index in [2.05, 4.69) is 20.8 Å². The molecule has 0 aliphatic carbocycles. The number of benzene rings is 2. The van der Waals surface area contributed by atoms with E-state index in [0.717, 1.165) is 22.5 Å². The number of aromatic nitrogens is 4. The highest BCUT2D eigenvalue weighted by Crippen LogP contribution is 2.25. The van der Waals surface area contributed by atoms with Crippen LogP contribution in [0.1, 0.15) is 18.1 Å². The molecule has 0 bridgehead atoms. The van der Waals surface area contributed by atoms with Gasteiger partial charge in [0.2, 0.25) is 11.1 Å². The lowest BCUT2D eigenvalue weighted by molar-refractivity contribution is -0.115. The van der Waals surface area contributed by atoms with E-state index < -0.39 is 0 Å². The molecule has 8 heteroatoms. The van der Waals surface area contributed by atoms with Gasteiger partial charge in [-0.25, -0.2) is 0 Å². The van der Waals surface area contributed by atoms with Gasteiger partial charge in [0.25, 0.3) is 0 Å². The largest absolute Gasteiger partial charge is 0.325 e. The number of hydrogen-bond donors (Lipinski definition) is 1. The highest BCUT2D eigenvalue weighted by Gasteiger charge is 2.20. The minimum Gasteiger partial charge on any atom is -0.325 e. The van der Waals surface area contributed by atoms with Gasteiger partial charge in [0.15, 0.2) is 0 Å². The number of nitrogens with one attached hydrogen (secondary N) is 1. The lowest BCUT2D eigenvalue weighted by atomic mass is 10.1. The Kier molecular flexibility index (Phi) is 5.58. The van der Waals surface area contributed by atoms with Gasteiger partial charge in [-0.3, -0.25) is 4.79 Å². The number of nitrogens with zero attached hydrogens (tertiary/aromatic N) is 4. The summed E-state index contributed by atoms with van der Waals surface area (Å²) in [5, 5.41) is 15.4. The topological polar surface area (TPSA) is 72.7 Å². The van der Waals surface area contributed by atoms with Gasteiger partial charge < -0.3 is 5.32 Å². The maximum Gasteiger partial charge on any atom is 0.237 e. The first kappa shape index (κ1) is 18.4. The normalized spacial score (nSPS) is 12.0. The molecule has 1 aromatic heterocycles. The number of aryl methyl sites for hydroxylation is 2. The molecule has 0 aliphatic heterocycles. The van der Waals surface area contributed by atoms with Crippen molar-refractivity contribution in [2.24, 2.45) is 0 Å². The molecule has 0 saturated carbocycles. The number of hydrogen-bond acceptors (Lipinski definition) is 5. The Morgan fingerprint density at radius 1 is 1.23 bits per heavy atom. The number of thioether (sulfide) groups is 1. The Bertz CT molecular complexity index is 943. The van der Waals surface area contributed by atoms with Gasteiger partial charge in [-0.1, -0.05) is 41.6 Å². The van der Waals surface area contributed by atoms with E-state index in [9.17, 15) is 4.79 Å². The lowest BCUT2D eigenvalue weighted by Crippen LogP contribution is -2.23. The molecule has 1 atom stereocenters. The lowest BCUT2D eigenvalue weighted by Gasteiger charge is -2.14. The number of carbonyl (C=O) groups excluding carboxylic acids is 1. The van der Waals surface area contributed by atoms with E-state index in [1.165, 1.54) is 11.8 Å². The molecule has 3 rings (SSSR count). The van der Waals surface area contributed by atoms with Crippen molar-refractivity contribution in [1.29, 1.82) is 0 Å². The second kappa shape index (κ2) is 7.88. The smallest absolute Gasteiger partial charge is 0.237 e. The average Bonchev–Trinajstić information content (AvgIpc) is 3.06. The first-order valence-corrected chi connectivity index (χ1v) is 9.29. The molecule has 0 unspecified atom stereocenters. The zero-order valence-corrected chi connectivity index (χ0v) is 16.2. The fraction of sp³-hybridized carbons (Fsp3) is 0.222. The van der Waals surface area contributed by atoms with Gasteiger partial charge in [0.1, 0.15) is 0 Å². The monoisotopic (exact) mass is 387 g/mol. The van der Waals surface area contributed by atoms with E-state index in [1.54, 1.807) is 16.8 Å². The third-order valence-corrected chi connectivity index (χ3v) is 5.06. The van der Waals surface area contributed by atoms with E-state index in [0.29, 0.717) is 10.2 Å². The minimum absolute atomic E-state index is 0.107. The molecule has 0 fully saturated rings. The maximum atomic E-state index is 12.6. The standard InChI is InChI=1S/C18H18ClN5OS/c1-11-7-8-12(2)16(9-11)20-17(25)13(3)26-18-21-22-23-24(18)15-6-4-5-14(19)10-15/h4-10,13H,1-3H3,(H,20,25)/t13-/m0/s1. The second-order valence-corrected chi connectivity index (χ2v) is 7.67. The Labute approximate surface area is 160 Å². The summed E-state index contributed by atoms with van der Waals surface area (Å²) in [5.74, 6) is -0.107. The van der Waals surface area contributed by atoms with Crippen molar-refractivity contribution in [2.45, 2.75) is 31.2 Å². The van der Waals surface area contributed by atoms with Crippen molar-refractivity contribution in [3.05, 3.63) is 58.6 Å². The molecule has 0 radical (unpaired) electrons. The summed E-state index contributed by atoms with van der Waals surface area (Å²) >= 11 is 7.32. The Hall–Kier alpha value is -2.38. The SMILES string of the molecule is Cc1ccc(C)c(NC(=O)[C@H](C)Sc2nnnn2-c2cccc(Cl)c2)c1. The minimum atomic E-state index is -0.376. The number of rotatable bonds is 5. The molecule has 1 N–H and O–H groups in total. The average molecular weight is 388 g/mol. The van der Waals surface area contributed by atoms with Crippen LogP contribution in [0, 0.1) is 13.8 Å². The molecule has 134 valence electrons. The molecule has 0 aliphatic rings. The highest BCUT2D eigenvalue weighted by molar-refractivity contribution is 8.00. The van der Waals surface area contributed by atoms with Crippen molar-refractivity contribution in [3.63, 3.8) is 0 Å². The second-order valence-electron chi connectivity index (χ2n) is 5.92. The van der Waals surface area contributed by atoms with Crippen LogP contribution in [-0.4, -0.2) is 31.4 Å². The summed E-state index contributed by atoms with van der Waals surface area (Å²) in [6.45, 7) is 5.78. The fourth-order valence-electron chi connectivity index (χ4n) is 2.34. The summed E-state index contributed by atoms with van der Waals surface area (Å²) < 4.78 is 1.57. The van der Waals surface area contributed by atoms with Crippen molar-refractivity contribution >= 4 is 35.0 Å². The summed E-state index contributed by atoms with van der Waals surface area (Å²) in [4.78, 5) is 12.6. The molecule has 3 aromatic rings. The van der Waals surface area contributed by atoms with Gasteiger partial charge >= 0.3 is 0 Å². The number of amides is 1. The Morgan fingerprint density at radius 2 is 2.04 bits per heavy atom. The Morgan fingerprint density at radius 3 is 2.81 bits per heavy atom. The quantitative estimate of drug-likeness (QED) is 0.668. The van der Waals surface area contributed by atoms with Crippen LogP contribution in [-0.2, 0) is 4.79 Å². The van der Waals surface area contributed by atoms with Crippen LogP contribution >= 0.6 is 23.4 Å². The molecular weight excluding hydrogens is 370 g/mol. The fourth-order valence-corrected chi connectivity index (χ4v) is 3.33. The summed E-state index contributed by atoms with van der Waals surface area (Å²) in [5.41, 5.74) is 3.67. The first-order valence-electron chi connectivity index (χ1n) is 8.03. The number of tetrazole rings is 1. The molecule has 1 amide bonds. The van der Waals surface area contributed by atoms with Crippen LogP contribution < -0.4 is 5.32 Å². The predicted octanol–water partition coefficient (Wildman–Crippen LogP) is 4.05. The van der Waals surface area contributed by atoms with E-state index >= 15 is 0 Å². The molecule has 2 aromatic carbocycles. The van der Waals surface area contributed by atoms with Crippen LogP contribution in [0.15, 0.2) is 47.6 Å². The molecule has 0 saturated heterocycles. The number of carbonyl (C=O) groups is 1. The Balaban J connectivity index is 1.74.